The highest BCUT2D eigenvalue weighted by atomic mass is 19.1. The topological polar surface area (TPSA) is 38.5 Å². The van der Waals surface area contributed by atoms with Crippen molar-refractivity contribution in [1.29, 1.82) is 0 Å². The van der Waals surface area contributed by atoms with E-state index in [0.29, 0.717) is 18.8 Å². The molecule has 3 nitrogen and oxygen atoms in total. The molecule has 0 fully saturated rings. The molecule has 0 radical (unpaired) electrons. The first kappa shape index (κ1) is 15.2. The number of rotatable bonds is 6. The van der Waals surface area contributed by atoms with Gasteiger partial charge in [0, 0.05) is 30.0 Å². The lowest BCUT2D eigenvalue weighted by Gasteiger charge is -2.24. The summed E-state index contributed by atoms with van der Waals surface area (Å²) in [5.41, 5.74) is 8.42. The lowest BCUT2D eigenvalue weighted by molar-refractivity contribution is 0.336. The number of nitrogen functional groups attached to an aromatic ring is 1. The molecular weight excluding hydrogens is 267 g/mol. The van der Waals surface area contributed by atoms with Crippen LogP contribution < -0.4 is 15.4 Å². The first-order valence-electron chi connectivity index (χ1n) is 7.15. The SMILES string of the molecule is CCOc1ccc(N)cc1CN(CC)c1cccc(F)c1. The number of halogens is 1. The molecule has 0 amide bonds. The zero-order chi connectivity index (χ0) is 15.2. The van der Waals surface area contributed by atoms with Crippen LogP contribution in [0.4, 0.5) is 15.8 Å². The highest BCUT2D eigenvalue weighted by molar-refractivity contribution is 5.52. The van der Waals surface area contributed by atoms with Gasteiger partial charge in [0.1, 0.15) is 11.6 Å². The fraction of sp³-hybridized carbons (Fsp3) is 0.294. The van der Waals surface area contributed by atoms with Crippen molar-refractivity contribution in [3.05, 3.63) is 53.8 Å². The summed E-state index contributed by atoms with van der Waals surface area (Å²) >= 11 is 0. The van der Waals surface area contributed by atoms with E-state index in [1.807, 2.05) is 38.1 Å². The lowest BCUT2D eigenvalue weighted by atomic mass is 10.1. The molecule has 2 aromatic rings. The van der Waals surface area contributed by atoms with E-state index >= 15 is 0 Å². The molecule has 2 rings (SSSR count). The summed E-state index contributed by atoms with van der Waals surface area (Å²) in [5.74, 6) is 0.588. The molecule has 0 saturated heterocycles. The second-order valence-corrected chi connectivity index (χ2v) is 4.79. The molecule has 0 aliphatic heterocycles. The van der Waals surface area contributed by atoms with Crippen LogP contribution in [0.5, 0.6) is 5.75 Å². The Hall–Kier alpha value is -2.23. The first-order chi connectivity index (χ1) is 10.1. The van der Waals surface area contributed by atoms with E-state index in [0.717, 1.165) is 23.5 Å². The smallest absolute Gasteiger partial charge is 0.125 e. The number of anilines is 2. The minimum absolute atomic E-state index is 0.233. The van der Waals surface area contributed by atoms with Gasteiger partial charge >= 0.3 is 0 Å². The quantitative estimate of drug-likeness (QED) is 0.821. The van der Waals surface area contributed by atoms with Gasteiger partial charge in [0.2, 0.25) is 0 Å². The molecule has 0 saturated carbocycles. The summed E-state index contributed by atoms with van der Waals surface area (Å²) in [4.78, 5) is 2.08. The Labute approximate surface area is 125 Å². The van der Waals surface area contributed by atoms with Crippen LogP contribution in [0.2, 0.25) is 0 Å². The maximum atomic E-state index is 13.4. The highest BCUT2D eigenvalue weighted by Gasteiger charge is 2.11. The molecule has 0 bridgehead atoms. The van der Waals surface area contributed by atoms with Crippen LogP contribution in [0.25, 0.3) is 0 Å². The lowest BCUT2D eigenvalue weighted by Crippen LogP contribution is -2.22. The van der Waals surface area contributed by atoms with E-state index in [1.165, 1.54) is 12.1 Å². The Bertz CT molecular complexity index is 601. The second-order valence-electron chi connectivity index (χ2n) is 4.79. The summed E-state index contributed by atoms with van der Waals surface area (Å²) in [7, 11) is 0. The predicted octanol–water partition coefficient (Wildman–Crippen LogP) is 3.83. The maximum absolute atomic E-state index is 13.4. The molecule has 0 atom stereocenters. The molecule has 0 aliphatic carbocycles. The number of hydrogen-bond donors (Lipinski definition) is 1. The van der Waals surface area contributed by atoms with Crippen LogP contribution in [0.1, 0.15) is 19.4 Å². The van der Waals surface area contributed by atoms with Crippen molar-refractivity contribution in [2.75, 3.05) is 23.8 Å². The predicted molar refractivity (Wildman–Crippen MR) is 85.1 cm³/mol. The van der Waals surface area contributed by atoms with Gasteiger partial charge in [-0.1, -0.05) is 6.07 Å². The molecule has 21 heavy (non-hydrogen) atoms. The molecule has 0 unspecified atom stereocenters. The Morgan fingerprint density at radius 1 is 1.14 bits per heavy atom. The van der Waals surface area contributed by atoms with E-state index in [-0.39, 0.29) is 5.82 Å². The normalized spacial score (nSPS) is 10.4. The number of nitrogens with zero attached hydrogens (tertiary/aromatic N) is 1. The zero-order valence-electron chi connectivity index (χ0n) is 12.5. The summed E-state index contributed by atoms with van der Waals surface area (Å²) < 4.78 is 19.0. The van der Waals surface area contributed by atoms with Crippen LogP contribution in [-0.4, -0.2) is 13.2 Å². The first-order valence-corrected chi connectivity index (χ1v) is 7.15. The monoisotopic (exact) mass is 288 g/mol. The number of nitrogens with two attached hydrogens (primary N) is 1. The van der Waals surface area contributed by atoms with E-state index in [2.05, 4.69) is 4.90 Å². The summed E-state index contributed by atoms with van der Waals surface area (Å²) in [6.45, 7) is 5.98. The molecule has 0 heterocycles. The van der Waals surface area contributed by atoms with Gasteiger partial charge in [-0.05, 0) is 50.2 Å². The fourth-order valence-corrected chi connectivity index (χ4v) is 2.28. The van der Waals surface area contributed by atoms with Gasteiger partial charge < -0.3 is 15.4 Å². The summed E-state index contributed by atoms with van der Waals surface area (Å²) in [6.07, 6.45) is 0. The van der Waals surface area contributed by atoms with Gasteiger partial charge in [-0.3, -0.25) is 0 Å². The molecule has 4 heteroatoms. The van der Waals surface area contributed by atoms with Gasteiger partial charge in [0.05, 0.1) is 6.61 Å². The largest absolute Gasteiger partial charge is 0.494 e. The Morgan fingerprint density at radius 2 is 1.95 bits per heavy atom. The number of ether oxygens (including phenoxy) is 1. The van der Waals surface area contributed by atoms with Crippen molar-refractivity contribution in [3.63, 3.8) is 0 Å². The molecule has 0 spiro atoms. The Balaban J connectivity index is 2.28. The molecule has 0 aromatic heterocycles. The third-order valence-corrected chi connectivity index (χ3v) is 3.30. The van der Waals surface area contributed by atoms with Crippen LogP contribution in [0, 0.1) is 5.82 Å². The zero-order valence-corrected chi connectivity index (χ0v) is 12.5. The summed E-state index contributed by atoms with van der Waals surface area (Å²) in [5, 5.41) is 0. The average molecular weight is 288 g/mol. The van der Waals surface area contributed by atoms with Crippen LogP contribution in [0.3, 0.4) is 0 Å². The van der Waals surface area contributed by atoms with E-state index in [9.17, 15) is 4.39 Å². The maximum Gasteiger partial charge on any atom is 0.125 e. The van der Waals surface area contributed by atoms with Crippen LogP contribution in [0.15, 0.2) is 42.5 Å². The van der Waals surface area contributed by atoms with Gasteiger partial charge in [-0.25, -0.2) is 4.39 Å². The highest BCUT2D eigenvalue weighted by Crippen LogP contribution is 2.26. The van der Waals surface area contributed by atoms with Crippen molar-refractivity contribution in [1.82, 2.24) is 0 Å². The molecule has 112 valence electrons. The van der Waals surface area contributed by atoms with E-state index in [1.54, 1.807) is 6.07 Å². The third-order valence-electron chi connectivity index (χ3n) is 3.30. The Kier molecular flexibility index (Phi) is 5.04. The minimum Gasteiger partial charge on any atom is -0.494 e. The van der Waals surface area contributed by atoms with Crippen molar-refractivity contribution in [3.8, 4) is 5.75 Å². The van der Waals surface area contributed by atoms with Gasteiger partial charge in [-0.2, -0.15) is 0 Å². The number of benzene rings is 2. The van der Waals surface area contributed by atoms with E-state index < -0.39 is 0 Å². The van der Waals surface area contributed by atoms with E-state index in [4.69, 9.17) is 10.5 Å². The third kappa shape index (κ3) is 3.88. The standard InChI is InChI=1S/C17H21FN2O/c1-3-20(16-7-5-6-14(18)11-16)12-13-10-15(19)8-9-17(13)21-4-2/h5-11H,3-4,12,19H2,1-2H3. The summed E-state index contributed by atoms with van der Waals surface area (Å²) in [6, 6.07) is 12.2. The van der Waals surface area contributed by atoms with Gasteiger partial charge in [-0.15, -0.1) is 0 Å². The second kappa shape index (κ2) is 6.97. The van der Waals surface area contributed by atoms with Crippen molar-refractivity contribution < 1.29 is 9.13 Å². The van der Waals surface area contributed by atoms with Gasteiger partial charge in [0.25, 0.3) is 0 Å². The Morgan fingerprint density at radius 3 is 2.62 bits per heavy atom. The van der Waals surface area contributed by atoms with Crippen molar-refractivity contribution in [2.45, 2.75) is 20.4 Å². The fourth-order valence-electron chi connectivity index (χ4n) is 2.28. The van der Waals surface area contributed by atoms with Gasteiger partial charge in [0.15, 0.2) is 0 Å². The number of hydrogen-bond acceptors (Lipinski definition) is 3. The molecule has 2 aromatic carbocycles. The van der Waals surface area contributed by atoms with Crippen molar-refractivity contribution >= 4 is 11.4 Å². The average Bonchev–Trinajstić information content (AvgIpc) is 2.47. The molecule has 0 aliphatic rings. The van der Waals surface area contributed by atoms with Crippen molar-refractivity contribution in [2.24, 2.45) is 0 Å². The minimum atomic E-state index is -0.233. The molecule has 2 N–H and O–H groups in total. The molecular formula is C17H21FN2O. The van der Waals surface area contributed by atoms with Crippen LogP contribution in [-0.2, 0) is 6.54 Å². The van der Waals surface area contributed by atoms with Crippen LogP contribution >= 0.6 is 0 Å².